The van der Waals surface area contributed by atoms with Gasteiger partial charge in [0.2, 0.25) is 0 Å². The molecule has 0 bridgehead atoms. The van der Waals surface area contributed by atoms with Crippen molar-refractivity contribution in [3.63, 3.8) is 0 Å². The van der Waals surface area contributed by atoms with Crippen molar-refractivity contribution in [2.75, 3.05) is 12.9 Å². The Labute approximate surface area is 132 Å². The van der Waals surface area contributed by atoms with Crippen molar-refractivity contribution in [3.8, 4) is 0 Å². The molecule has 1 unspecified atom stereocenters. The summed E-state index contributed by atoms with van der Waals surface area (Å²) in [5.74, 6) is -0.845. The van der Waals surface area contributed by atoms with Crippen LogP contribution in [-0.4, -0.2) is 24.9 Å². The lowest BCUT2D eigenvalue weighted by Gasteiger charge is -2.28. The van der Waals surface area contributed by atoms with E-state index in [1.54, 1.807) is 32.2 Å². The van der Waals surface area contributed by atoms with E-state index < -0.39 is 18.0 Å². The van der Waals surface area contributed by atoms with E-state index in [0.29, 0.717) is 21.7 Å². The Bertz CT molecular complexity index is 646. The fourth-order valence-corrected chi connectivity index (χ4v) is 2.80. The molecular weight excluding hydrogens is 307 g/mol. The minimum absolute atomic E-state index is 0.232. The van der Waals surface area contributed by atoms with Crippen LogP contribution in [-0.2, 0) is 9.53 Å². The second-order valence-corrected chi connectivity index (χ2v) is 5.53. The molecule has 0 radical (unpaired) electrons. The largest absolute Gasteiger partial charge is 0.463 e. The second kappa shape index (κ2) is 6.83. The van der Waals surface area contributed by atoms with E-state index in [9.17, 15) is 14.0 Å². The number of benzene rings is 1. The van der Waals surface area contributed by atoms with Gasteiger partial charge in [-0.25, -0.2) is 14.0 Å². The van der Waals surface area contributed by atoms with Gasteiger partial charge in [0.15, 0.2) is 0 Å². The predicted octanol–water partition coefficient (Wildman–Crippen LogP) is 2.74. The van der Waals surface area contributed by atoms with Gasteiger partial charge in [-0.15, -0.1) is 11.8 Å². The maximum Gasteiger partial charge on any atom is 0.338 e. The zero-order chi connectivity index (χ0) is 16.3. The molecular formula is C15H17FN2O3S. The van der Waals surface area contributed by atoms with Crippen molar-refractivity contribution in [2.45, 2.75) is 24.8 Å². The highest BCUT2D eigenvalue weighted by atomic mass is 32.2. The number of hydrogen-bond acceptors (Lipinski definition) is 4. The molecule has 0 aliphatic carbocycles. The number of urea groups is 1. The molecule has 2 amide bonds. The van der Waals surface area contributed by atoms with E-state index in [2.05, 4.69) is 10.6 Å². The minimum Gasteiger partial charge on any atom is -0.463 e. The van der Waals surface area contributed by atoms with Crippen LogP contribution in [0.15, 0.2) is 34.4 Å². The van der Waals surface area contributed by atoms with Crippen molar-refractivity contribution in [1.82, 2.24) is 10.6 Å². The first-order valence-electron chi connectivity index (χ1n) is 6.76. The maximum atomic E-state index is 13.6. The predicted molar refractivity (Wildman–Crippen MR) is 81.9 cm³/mol. The number of esters is 1. The molecule has 5 nitrogen and oxygen atoms in total. The van der Waals surface area contributed by atoms with Gasteiger partial charge in [-0.3, -0.25) is 0 Å². The summed E-state index contributed by atoms with van der Waals surface area (Å²) in [6.45, 7) is 3.58. The van der Waals surface area contributed by atoms with Crippen molar-refractivity contribution >= 4 is 23.8 Å². The van der Waals surface area contributed by atoms with E-state index in [0.717, 1.165) is 0 Å². The van der Waals surface area contributed by atoms with Crippen LogP contribution in [0, 0.1) is 5.82 Å². The minimum atomic E-state index is -0.667. The topological polar surface area (TPSA) is 67.4 Å². The molecule has 0 aromatic heterocycles. The third-order valence-electron chi connectivity index (χ3n) is 3.27. The van der Waals surface area contributed by atoms with Crippen LogP contribution in [0.1, 0.15) is 25.5 Å². The lowest BCUT2D eigenvalue weighted by atomic mass is 9.95. The lowest BCUT2D eigenvalue weighted by Crippen LogP contribution is -2.45. The molecule has 1 aliphatic heterocycles. The van der Waals surface area contributed by atoms with Crippen molar-refractivity contribution in [3.05, 3.63) is 40.8 Å². The molecule has 0 saturated carbocycles. The summed E-state index contributed by atoms with van der Waals surface area (Å²) in [5, 5.41) is 5.24. The molecule has 0 fully saturated rings. The molecule has 1 aliphatic rings. The highest BCUT2D eigenvalue weighted by Crippen LogP contribution is 2.30. The zero-order valence-electron chi connectivity index (χ0n) is 12.5. The van der Waals surface area contributed by atoms with E-state index in [1.807, 2.05) is 0 Å². The van der Waals surface area contributed by atoms with Gasteiger partial charge in [-0.1, -0.05) is 6.07 Å². The molecule has 0 saturated heterocycles. The maximum absolute atomic E-state index is 13.6. The molecule has 22 heavy (non-hydrogen) atoms. The summed E-state index contributed by atoms with van der Waals surface area (Å²) in [4.78, 5) is 24.3. The van der Waals surface area contributed by atoms with Crippen molar-refractivity contribution < 1.29 is 18.7 Å². The van der Waals surface area contributed by atoms with Crippen LogP contribution in [0.5, 0.6) is 0 Å². The molecule has 1 heterocycles. The number of carbonyl (C=O) groups excluding carboxylic acids is 2. The normalized spacial score (nSPS) is 17.8. The average molecular weight is 324 g/mol. The summed E-state index contributed by atoms with van der Waals surface area (Å²) < 4.78 is 18.7. The Kier molecular flexibility index (Phi) is 5.07. The number of halogens is 1. The van der Waals surface area contributed by atoms with Gasteiger partial charge in [0.25, 0.3) is 0 Å². The van der Waals surface area contributed by atoms with E-state index >= 15 is 0 Å². The molecule has 7 heteroatoms. The summed E-state index contributed by atoms with van der Waals surface area (Å²) >= 11 is 1.26. The first kappa shape index (κ1) is 16.4. The molecule has 1 atom stereocenters. The van der Waals surface area contributed by atoms with Crippen LogP contribution in [0.25, 0.3) is 0 Å². The number of carbonyl (C=O) groups is 2. The first-order valence-corrected chi connectivity index (χ1v) is 7.99. The monoisotopic (exact) mass is 324 g/mol. The number of allylic oxidation sites excluding steroid dienone is 1. The first-order chi connectivity index (χ1) is 10.5. The van der Waals surface area contributed by atoms with E-state index in [1.165, 1.54) is 17.8 Å². The van der Waals surface area contributed by atoms with Gasteiger partial charge in [-0.05, 0) is 37.8 Å². The number of ether oxygens (including phenoxy) is 1. The number of rotatable bonds is 4. The Morgan fingerprint density at radius 3 is 2.82 bits per heavy atom. The van der Waals surface area contributed by atoms with Gasteiger partial charge < -0.3 is 15.4 Å². The van der Waals surface area contributed by atoms with Gasteiger partial charge in [-0.2, -0.15) is 0 Å². The summed E-state index contributed by atoms with van der Waals surface area (Å²) in [5.41, 5.74) is 1.38. The van der Waals surface area contributed by atoms with Crippen molar-refractivity contribution in [2.24, 2.45) is 0 Å². The van der Waals surface area contributed by atoms with Crippen LogP contribution in [0.3, 0.4) is 0 Å². The molecule has 0 spiro atoms. The molecule has 118 valence electrons. The number of nitrogens with one attached hydrogen (secondary N) is 2. The average Bonchev–Trinajstić information content (AvgIpc) is 2.47. The van der Waals surface area contributed by atoms with Crippen LogP contribution >= 0.6 is 11.8 Å². The smallest absolute Gasteiger partial charge is 0.338 e. The fraction of sp³-hybridized carbons (Fsp3) is 0.333. The zero-order valence-corrected chi connectivity index (χ0v) is 13.3. The second-order valence-electron chi connectivity index (χ2n) is 4.68. The highest BCUT2D eigenvalue weighted by Gasteiger charge is 2.32. The molecule has 2 N–H and O–H groups in total. The Hall–Kier alpha value is -2.02. The van der Waals surface area contributed by atoms with Gasteiger partial charge >= 0.3 is 12.0 Å². The quantitative estimate of drug-likeness (QED) is 0.660. The number of hydrogen-bond donors (Lipinski definition) is 2. The number of amides is 2. The van der Waals surface area contributed by atoms with Crippen LogP contribution < -0.4 is 10.6 Å². The SMILES string of the molecule is CCOC(=O)C1=C(C)NC(=O)NC1c1ccc(F)c(SC)c1. The Balaban J connectivity index is 2.47. The summed E-state index contributed by atoms with van der Waals surface area (Å²) in [6, 6.07) is 3.43. The third kappa shape index (κ3) is 3.24. The summed E-state index contributed by atoms with van der Waals surface area (Å²) in [6.07, 6.45) is 1.76. The van der Waals surface area contributed by atoms with Gasteiger partial charge in [0.05, 0.1) is 18.2 Å². The lowest BCUT2D eigenvalue weighted by molar-refractivity contribution is -0.139. The summed E-state index contributed by atoms with van der Waals surface area (Å²) in [7, 11) is 0. The Morgan fingerprint density at radius 2 is 2.18 bits per heavy atom. The standard InChI is InChI=1S/C15H17FN2O3S/c1-4-21-14(19)12-8(2)17-15(20)18-13(12)9-5-6-10(16)11(7-9)22-3/h5-7,13H,4H2,1-3H3,(H2,17,18,20). The van der Waals surface area contributed by atoms with Crippen molar-refractivity contribution in [1.29, 1.82) is 0 Å². The van der Waals surface area contributed by atoms with E-state index in [4.69, 9.17) is 4.74 Å². The molecule has 2 rings (SSSR count). The van der Waals surface area contributed by atoms with Gasteiger partial charge in [0.1, 0.15) is 5.82 Å². The number of thioether (sulfide) groups is 1. The van der Waals surface area contributed by atoms with Crippen LogP contribution in [0.4, 0.5) is 9.18 Å². The molecule has 1 aromatic rings. The van der Waals surface area contributed by atoms with Gasteiger partial charge in [0, 0.05) is 10.6 Å². The molecule has 1 aromatic carbocycles. The third-order valence-corrected chi connectivity index (χ3v) is 4.03. The fourth-order valence-electron chi connectivity index (χ4n) is 2.28. The van der Waals surface area contributed by atoms with E-state index in [-0.39, 0.29) is 12.4 Å². The highest BCUT2D eigenvalue weighted by molar-refractivity contribution is 7.98. The Morgan fingerprint density at radius 1 is 1.45 bits per heavy atom. The van der Waals surface area contributed by atoms with Crippen LogP contribution in [0.2, 0.25) is 0 Å².